The summed E-state index contributed by atoms with van der Waals surface area (Å²) in [6.07, 6.45) is 2.58. The number of rotatable bonds is 5. The quantitative estimate of drug-likeness (QED) is 0.829. The summed E-state index contributed by atoms with van der Waals surface area (Å²) >= 11 is 6.10. The van der Waals surface area contributed by atoms with E-state index in [-0.39, 0.29) is 29.3 Å². The lowest BCUT2D eigenvalue weighted by molar-refractivity contribution is -0.120. The lowest BCUT2D eigenvalue weighted by Gasteiger charge is -2.22. The summed E-state index contributed by atoms with van der Waals surface area (Å²) in [6, 6.07) is 12.2. The maximum Gasteiger partial charge on any atom is 0.240 e. The van der Waals surface area contributed by atoms with Crippen molar-refractivity contribution in [2.75, 3.05) is 4.90 Å². The van der Waals surface area contributed by atoms with Crippen molar-refractivity contribution in [1.29, 1.82) is 0 Å². The third-order valence-electron chi connectivity index (χ3n) is 5.15. The average molecular weight is 405 g/mol. The van der Waals surface area contributed by atoms with E-state index in [1.807, 2.05) is 17.9 Å². The zero-order valence-electron chi connectivity index (χ0n) is 15.0. The fourth-order valence-corrected chi connectivity index (χ4v) is 4.79. The molecular formula is C20H21ClN2O3S. The standard InChI is InChI=1S/C20H21ClN2O3S/c1-13-10-16-11-17(8-9-19(16)23(13)20(24)14-6-7-14)27(25,26)22-12-15-4-2-3-5-18(15)21/h2-5,8-9,11,13-14,22H,6-7,10,12H2,1H3. The van der Waals surface area contributed by atoms with Crippen LogP contribution in [0.1, 0.15) is 30.9 Å². The monoisotopic (exact) mass is 404 g/mol. The van der Waals surface area contributed by atoms with Gasteiger partial charge in [-0.3, -0.25) is 4.79 Å². The van der Waals surface area contributed by atoms with Gasteiger partial charge in [-0.1, -0.05) is 29.8 Å². The van der Waals surface area contributed by atoms with E-state index in [2.05, 4.69) is 4.72 Å². The van der Waals surface area contributed by atoms with E-state index in [0.717, 1.165) is 29.7 Å². The van der Waals surface area contributed by atoms with Gasteiger partial charge in [0, 0.05) is 29.2 Å². The van der Waals surface area contributed by atoms with Crippen LogP contribution in [0.4, 0.5) is 5.69 Å². The first-order valence-corrected chi connectivity index (χ1v) is 10.9. The summed E-state index contributed by atoms with van der Waals surface area (Å²) in [5.41, 5.74) is 2.46. The molecule has 0 spiro atoms. The molecule has 2 aromatic carbocycles. The molecule has 1 atom stereocenters. The maximum absolute atomic E-state index is 12.7. The topological polar surface area (TPSA) is 66.5 Å². The summed E-state index contributed by atoms with van der Waals surface area (Å²) in [7, 11) is -3.67. The molecule has 2 aliphatic rings. The number of carbonyl (C=O) groups is 1. The van der Waals surface area contributed by atoms with Gasteiger partial charge in [-0.05, 0) is 61.6 Å². The number of nitrogens with zero attached hydrogens (tertiary/aromatic N) is 1. The molecule has 1 N–H and O–H groups in total. The van der Waals surface area contributed by atoms with Crippen LogP contribution < -0.4 is 9.62 Å². The molecule has 1 amide bonds. The van der Waals surface area contributed by atoms with Crippen molar-refractivity contribution in [3.63, 3.8) is 0 Å². The van der Waals surface area contributed by atoms with Crippen LogP contribution in [-0.2, 0) is 27.8 Å². The van der Waals surface area contributed by atoms with Gasteiger partial charge in [0.05, 0.1) is 4.90 Å². The third kappa shape index (κ3) is 3.61. The highest BCUT2D eigenvalue weighted by Crippen LogP contribution is 2.39. The number of sulfonamides is 1. The number of nitrogens with one attached hydrogen (secondary N) is 1. The fraction of sp³-hybridized carbons (Fsp3) is 0.350. The molecule has 1 fully saturated rings. The van der Waals surface area contributed by atoms with Crippen LogP contribution >= 0.6 is 11.6 Å². The van der Waals surface area contributed by atoms with Crippen molar-refractivity contribution >= 4 is 33.2 Å². The van der Waals surface area contributed by atoms with Crippen LogP contribution in [-0.4, -0.2) is 20.4 Å². The largest absolute Gasteiger partial charge is 0.309 e. The van der Waals surface area contributed by atoms with Crippen molar-refractivity contribution in [3.8, 4) is 0 Å². The Morgan fingerprint density at radius 2 is 1.96 bits per heavy atom. The van der Waals surface area contributed by atoms with E-state index in [9.17, 15) is 13.2 Å². The molecule has 7 heteroatoms. The Bertz CT molecular complexity index is 1000. The molecule has 142 valence electrons. The highest BCUT2D eigenvalue weighted by Gasteiger charge is 2.39. The van der Waals surface area contributed by atoms with Crippen LogP contribution in [0.5, 0.6) is 0 Å². The Balaban J connectivity index is 1.55. The van der Waals surface area contributed by atoms with Crippen LogP contribution in [0.15, 0.2) is 47.4 Å². The third-order valence-corrected chi connectivity index (χ3v) is 6.92. The van der Waals surface area contributed by atoms with Gasteiger partial charge in [0.25, 0.3) is 0 Å². The minimum absolute atomic E-state index is 0.0575. The zero-order valence-corrected chi connectivity index (χ0v) is 16.6. The molecule has 27 heavy (non-hydrogen) atoms. The number of halogens is 1. The van der Waals surface area contributed by atoms with Crippen LogP contribution in [0.2, 0.25) is 5.02 Å². The Morgan fingerprint density at radius 1 is 1.22 bits per heavy atom. The molecule has 0 radical (unpaired) electrons. The van der Waals surface area contributed by atoms with Crippen molar-refractivity contribution in [3.05, 3.63) is 58.6 Å². The number of hydrogen-bond donors (Lipinski definition) is 1. The second-order valence-corrected chi connectivity index (χ2v) is 9.42. The van der Waals surface area contributed by atoms with E-state index in [1.54, 1.807) is 36.4 Å². The van der Waals surface area contributed by atoms with Gasteiger partial charge in [0.1, 0.15) is 0 Å². The SMILES string of the molecule is CC1Cc2cc(S(=O)(=O)NCc3ccccc3Cl)ccc2N1C(=O)C1CC1. The summed E-state index contributed by atoms with van der Waals surface area (Å²) in [4.78, 5) is 14.6. The van der Waals surface area contributed by atoms with Gasteiger partial charge >= 0.3 is 0 Å². The fourth-order valence-electron chi connectivity index (χ4n) is 3.54. The molecule has 5 nitrogen and oxygen atoms in total. The lowest BCUT2D eigenvalue weighted by atomic mass is 10.1. The summed E-state index contributed by atoms with van der Waals surface area (Å²) in [5.74, 6) is 0.299. The molecule has 0 aromatic heterocycles. The summed E-state index contributed by atoms with van der Waals surface area (Å²) < 4.78 is 28.0. The first-order chi connectivity index (χ1) is 12.9. The predicted molar refractivity (Wildman–Crippen MR) is 105 cm³/mol. The van der Waals surface area contributed by atoms with Gasteiger partial charge in [-0.25, -0.2) is 13.1 Å². The molecule has 2 aromatic rings. The van der Waals surface area contributed by atoms with E-state index in [1.165, 1.54) is 0 Å². The number of hydrogen-bond acceptors (Lipinski definition) is 3. The molecular weight excluding hydrogens is 384 g/mol. The first kappa shape index (κ1) is 18.5. The number of benzene rings is 2. The first-order valence-electron chi connectivity index (χ1n) is 9.06. The van der Waals surface area contributed by atoms with E-state index >= 15 is 0 Å². The van der Waals surface area contributed by atoms with Crippen molar-refractivity contribution in [1.82, 2.24) is 4.72 Å². The Hall–Kier alpha value is -1.89. The Morgan fingerprint density at radius 3 is 2.67 bits per heavy atom. The van der Waals surface area contributed by atoms with E-state index in [0.29, 0.717) is 11.4 Å². The Labute approximate surface area is 164 Å². The van der Waals surface area contributed by atoms with Crippen LogP contribution in [0, 0.1) is 5.92 Å². The van der Waals surface area contributed by atoms with Gasteiger partial charge < -0.3 is 4.90 Å². The molecule has 1 heterocycles. The minimum atomic E-state index is -3.67. The van der Waals surface area contributed by atoms with Gasteiger partial charge in [-0.2, -0.15) is 0 Å². The smallest absolute Gasteiger partial charge is 0.240 e. The lowest BCUT2D eigenvalue weighted by Crippen LogP contribution is -2.36. The van der Waals surface area contributed by atoms with Gasteiger partial charge in [0.2, 0.25) is 15.9 Å². The van der Waals surface area contributed by atoms with Gasteiger partial charge in [-0.15, -0.1) is 0 Å². The number of carbonyl (C=O) groups excluding carboxylic acids is 1. The Kier molecular flexibility index (Phi) is 4.74. The number of amides is 1. The molecule has 1 saturated carbocycles. The second-order valence-electron chi connectivity index (χ2n) is 7.24. The predicted octanol–water partition coefficient (Wildman–Crippen LogP) is 3.51. The molecule has 0 saturated heterocycles. The zero-order chi connectivity index (χ0) is 19.2. The summed E-state index contributed by atoms with van der Waals surface area (Å²) in [6.45, 7) is 2.13. The number of fused-ring (bicyclic) bond motifs is 1. The normalized spacial score (nSPS) is 19.2. The molecule has 0 bridgehead atoms. The highest BCUT2D eigenvalue weighted by atomic mass is 35.5. The number of anilines is 1. The molecule has 4 rings (SSSR count). The van der Waals surface area contributed by atoms with Crippen molar-refractivity contribution in [2.24, 2.45) is 5.92 Å². The average Bonchev–Trinajstić information content (AvgIpc) is 3.42. The summed E-state index contributed by atoms with van der Waals surface area (Å²) in [5, 5.41) is 0.525. The molecule has 1 aliphatic carbocycles. The van der Waals surface area contributed by atoms with Gasteiger partial charge in [0.15, 0.2) is 0 Å². The maximum atomic E-state index is 12.7. The van der Waals surface area contributed by atoms with Crippen molar-refractivity contribution < 1.29 is 13.2 Å². The van der Waals surface area contributed by atoms with E-state index < -0.39 is 10.0 Å². The highest BCUT2D eigenvalue weighted by molar-refractivity contribution is 7.89. The molecule has 1 unspecified atom stereocenters. The minimum Gasteiger partial charge on any atom is -0.309 e. The van der Waals surface area contributed by atoms with Crippen LogP contribution in [0.25, 0.3) is 0 Å². The van der Waals surface area contributed by atoms with E-state index in [4.69, 9.17) is 11.6 Å². The second kappa shape index (κ2) is 6.93. The van der Waals surface area contributed by atoms with Crippen LogP contribution in [0.3, 0.4) is 0 Å². The van der Waals surface area contributed by atoms with Crippen molar-refractivity contribution in [2.45, 2.75) is 43.7 Å². The molecule has 1 aliphatic heterocycles.